The first kappa shape index (κ1) is 18.8. The summed E-state index contributed by atoms with van der Waals surface area (Å²) in [4.78, 5) is 16.8. The van der Waals surface area contributed by atoms with E-state index in [0.29, 0.717) is 24.5 Å². The Morgan fingerprint density at radius 1 is 1.26 bits per heavy atom. The molecule has 0 bridgehead atoms. The van der Waals surface area contributed by atoms with Gasteiger partial charge in [0.2, 0.25) is 0 Å². The fraction of sp³-hybridized carbons (Fsp3) is 0.263. The van der Waals surface area contributed by atoms with Gasteiger partial charge in [-0.2, -0.15) is 9.94 Å². The molecule has 2 heterocycles. The molecule has 0 N–H and O–H groups in total. The van der Waals surface area contributed by atoms with Crippen LogP contribution in [0.15, 0.2) is 41.2 Å². The largest absolute Gasteiger partial charge is 0.369 e. The van der Waals surface area contributed by atoms with Crippen LogP contribution in [0.4, 0.5) is 0 Å². The van der Waals surface area contributed by atoms with E-state index in [1.807, 2.05) is 43.3 Å². The molecule has 0 aliphatic heterocycles. The number of hydrogen-bond acceptors (Lipinski definition) is 5. The van der Waals surface area contributed by atoms with E-state index in [0.717, 1.165) is 5.56 Å². The third kappa shape index (κ3) is 3.92. The molecule has 27 heavy (non-hydrogen) atoms. The number of halogens is 1. The summed E-state index contributed by atoms with van der Waals surface area (Å²) >= 11 is 6.06. The predicted molar refractivity (Wildman–Crippen MR) is 101 cm³/mol. The predicted octanol–water partition coefficient (Wildman–Crippen LogP) is 3.00. The number of rotatable bonds is 6. The molecule has 2 aromatic heterocycles. The molecule has 0 unspecified atom stereocenters. The number of aryl methyl sites for hydroxylation is 1. The molecule has 7 nitrogen and oxygen atoms in total. The van der Waals surface area contributed by atoms with Crippen LogP contribution < -0.4 is 5.69 Å². The number of hydrogen-bond donors (Lipinski definition) is 0. The summed E-state index contributed by atoms with van der Waals surface area (Å²) < 4.78 is 8.42. The van der Waals surface area contributed by atoms with Gasteiger partial charge in [-0.05, 0) is 31.0 Å². The minimum atomic E-state index is -0.330. The lowest BCUT2D eigenvalue weighted by Crippen LogP contribution is -2.24. The van der Waals surface area contributed by atoms with Crippen LogP contribution in [0.25, 0.3) is 5.82 Å². The summed E-state index contributed by atoms with van der Waals surface area (Å²) in [5, 5.41) is 13.5. The average molecular weight is 384 g/mol. The summed E-state index contributed by atoms with van der Waals surface area (Å²) in [5.41, 5.74) is 1.63. The Labute approximate surface area is 161 Å². The van der Waals surface area contributed by atoms with E-state index in [1.165, 1.54) is 9.25 Å². The molecule has 0 aliphatic rings. The fourth-order valence-corrected chi connectivity index (χ4v) is 2.98. The lowest BCUT2D eigenvalue weighted by Gasteiger charge is -2.04. The number of aromatic nitrogens is 4. The van der Waals surface area contributed by atoms with Gasteiger partial charge in [0.15, 0.2) is 11.6 Å². The quantitative estimate of drug-likeness (QED) is 0.611. The number of ether oxygens (including phenoxy) is 1. The standard InChI is InChI=1S/C19H18ClN5O2/c1-3-24-17(12-27-11-14-7-5-4-6-8-14)23-25(19(24)26)16-9-13(2)15(10-21)18(20)22-16/h4-9H,3,11-12H2,1-2H3. The second-order valence-electron chi connectivity index (χ2n) is 5.91. The van der Waals surface area contributed by atoms with E-state index >= 15 is 0 Å². The van der Waals surface area contributed by atoms with Gasteiger partial charge < -0.3 is 4.74 Å². The lowest BCUT2D eigenvalue weighted by molar-refractivity contribution is 0.0989. The third-order valence-electron chi connectivity index (χ3n) is 4.09. The zero-order valence-corrected chi connectivity index (χ0v) is 15.8. The minimum Gasteiger partial charge on any atom is -0.369 e. The lowest BCUT2D eigenvalue weighted by atomic mass is 10.2. The zero-order chi connectivity index (χ0) is 19.4. The Morgan fingerprint density at radius 3 is 2.63 bits per heavy atom. The smallest absolute Gasteiger partial charge is 0.352 e. The maximum atomic E-state index is 12.7. The summed E-state index contributed by atoms with van der Waals surface area (Å²) in [6.45, 7) is 4.66. The van der Waals surface area contributed by atoms with Crippen molar-refractivity contribution in [1.82, 2.24) is 19.3 Å². The zero-order valence-electron chi connectivity index (χ0n) is 15.0. The maximum absolute atomic E-state index is 12.7. The molecule has 0 radical (unpaired) electrons. The first-order chi connectivity index (χ1) is 13.0. The highest BCUT2D eigenvalue weighted by atomic mass is 35.5. The average Bonchev–Trinajstić information content (AvgIpc) is 2.98. The monoisotopic (exact) mass is 383 g/mol. The first-order valence-electron chi connectivity index (χ1n) is 8.43. The summed E-state index contributed by atoms with van der Waals surface area (Å²) in [7, 11) is 0. The number of benzene rings is 1. The highest BCUT2D eigenvalue weighted by molar-refractivity contribution is 6.30. The van der Waals surface area contributed by atoms with Crippen molar-refractivity contribution >= 4 is 11.6 Å². The Morgan fingerprint density at radius 2 is 2.00 bits per heavy atom. The summed E-state index contributed by atoms with van der Waals surface area (Å²) in [6.07, 6.45) is 0. The molecule has 1 aromatic carbocycles. The van der Waals surface area contributed by atoms with Crippen LogP contribution in [0, 0.1) is 18.3 Å². The van der Waals surface area contributed by atoms with E-state index in [4.69, 9.17) is 21.6 Å². The van der Waals surface area contributed by atoms with Crippen LogP contribution in [0.3, 0.4) is 0 Å². The molecular formula is C19H18ClN5O2. The summed E-state index contributed by atoms with van der Waals surface area (Å²) in [5.74, 6) is 0.774. The van der Waals surface area contributed by atoms with E-state index in [1.54, 1.807) is 13.0 Å². The van der Waals surface area contributed by atoms with Gasteiger partial charge >= 0.3 is 5.69 Å². The van der Waals surface area contributed by atoms with Crippen LogP contribution in [-0.2, 0) is 24.5 Å². The molecule has 0 fully saturated rings. The van der Waals surface area contributed by atoms with Crippen molar-refractivity contribution in [2.24, 2.45) is 0 Å². The normalized spacial score (nSPS) is 10.7. The van der Waals surface area contributed by atoms with Crippen molar-refractivity contribution < 1.29 is 4.74 Å². The van der Waals surface area contributed by atoms with Crippen molar-refractivity contribution in [3.05, 3.63) is 74.6 Å². The highest BCUT2D eigenvalue weighted by Crippen LogP contribution is 2.19. The van der Waals surface area contributed by atoms with Crippen LogP contribution in [0.1, 0.15) is 29.4 Å². The van der Waals surface area contributed by atoms with E-state index in [9.17, 15) is 4.79 Å². The second-order valence-corrected chi connectivity index (χ2v) is 6.27. The van der Waals surface area contributed by atoms with Gasteiger partial charge in [0.05, 0.1) is 12.2 Å². The van der Waals surface area contributed by atoms with Crippen molar-refractivity contribution in [1.29, 1.82) is 5.26 Å². The fourth-order valence-electron chi connectivity index (χ4n) is 2.71. The van der Waals surface area contributed by atoms with E-state index in [2.05, 4.69) is 10.1 Å². The molecule has 0 saturated heterocycles. The summed E-state index contributed by atoms with van der Waals surface area (Å²) in [6, 6.07) is 13.4. The van der Waals surface area contributed by atoms with Gasteiger partial charge in [-0.1, -0.05) is 41.9 Å². The Kier molecular flexibility index (Phi) is 5.69. The van der Waals surface area contributed by atoms with Gasteiger partial charge in [-0.3, -0.25) is 4.57 Å². The van der Waals surface area contributed by atoms with Crippen LogP contribution in [-0.4, -0.2) is 19.3 Å². The molecular weight excluding hydrogens is 366 g/mol. The number of pyridine rings is 1. The van der Waals surface area contributed by atoms with Crippen molar-refractivity contribution in [2.75, 3.05) is 0 Å². The van der Waals surface area contributed by atoms with E-state index < -0.39 is 0 Å². The Bertz CT molecular complexity index is 1030. The van der Waals surface area contributed by atoms with Crippen molar-refractivity contribution in [2.45, 2.75) is 33.6 Å². The molecule has 0 spiro atoms. The molecule has 0 atom stereocenters. The molecule has 0 aliphatic carbocycles. The van der Waals surface area contributed by atoms with Gasteiger partial charge in [0.25, 0.3) is 0 Å². The van der Waals surface area contributed by atoms with Crippen molar-refractivity contribution in [3.8, 4) is 11.9 Å². The molecule has 0 amide bonds. The van der Waals surface area contributed by atoms with Gasteiger partial charge in [0, 0.05) is 6.54 Å². The van der Waals surface area contributed by atoms with Crippen molar-refractivity contribution in [3.63, 3.8) is 0 Å². The molecule has 8 heteroatoms. The van der Waals surface area contributed by atoms with Crippen LogP contribution in [0.5, 0.6) is 0 Å². The van der Waals surface area contributed by atoms with Crippen LogP contribution in [0.2, 0.25) is 5.15 Å². The molecule has 0 saturated carbocycles. The molecule has 3 aromatic rings. The topological polar surface area (TPSA) is 85.7 Å². The number of nitriles is 1. The van der Waals surface area contributed by atoms with Gasteiger partial charge in [0.1, 0.15) is 17.8 Å². The molecule has 3 rings (SSSR count). The van der Waals surface area contributed by atoms with Gasteiger partial charge in [-0.25, -0.2) is 9.78 Å². The number of nitrogens with zero attached hydrogens (tertiary/aromatic N) is 5. The Balaban J connectivity index is 1.88. The third-order valence-corrected chi connectivity index (χ3v) is 4.36. The SMILES string of the molecule is CCn1c(COCc2ccccc2)nn(-c2cc(C)c(C#N)c(Cl)n2)c1=O. The minimum absolute atomic E-state index is 0.0485. The Hall–Kier alpha value is -2.95. The first-order valence-corrected chi connectivity index (χ1v) is 8.81. The highest BCUT2D eigenvalue weighted by Gasteiger charge is 2.17. The molecule has 138 valence electrons. The van der Waals surface area contributed by atoms with Gasteiger partial charge in [-0.15, -0.1) is 5.10 Å². The second kappa shape index (κ2) is 8.16. The maximum Gasteiger partial charge on any atom is 0.352 e. The van der Waals surface area contributed by atoms with Crippen LogP contribution >= 0.6 is 11.6 Å². The van der Waals surface area contributed by atoms with E-state index in [-0.39, 0.29) is 28.8 Å².